The number of rotatable bonds is 2. The molecule has 0 amide bonds. The van der Waals surface area contributed by atoms with E-state index in [-0.39, 0.29) is 0 Å². The average Bonchev–Trinajstić information content (AvgIpc) is 2.13. The molecule has 88 valence electrons. The molecule has 0 saturated heterocycles. The summed E-state index contributed by atoms with van der Waals surface area (Å²) in [4.78, 5) is 10.8. The van der Waals surface area contributed by atoms with E-state index >= 15 is 0 Å². The molecule has 2 heteroatoms. The van der Waals surface area contributed by atoms with Crippen LogP contribution in [0.5, 0.6) is 0 Å². The van der Waals surface area contributed by atoms with Crippen LogP contribution in [0.2, 0.25) is 0 Å². The molecule has 4 saturated carbocycles. The van der Waals surface area contributed by atoms with Gasteiger partial charge < -0.3 is 5.11 Å². The molecule has 0 atom stereocenters. The van der Waals surface area contributed by atoms with Crippen LogP contribution in [-0.2, 0) is 4.79 Å². The molecule has 0 aliphatic heterocycles. The third-order valence-electron chi connectivity index (χ3n) is 5.10. The van der Waals surface area contributed by atoms with E-state index in [1.165, 1.54) is 38.2 Å². The second-order valence-corrected chi connectivity index (χ2v) is 6.18. The minimum atomic E-state index is -0.772. The lowest BCUT2D eigenvalue weighted by Crippen LogP contribution is -2.45. The predicted octanol–water partition coefficient (Wildman–Crippen LogP) is 3.09. The first-order chi connectivity index (χ1) is 7.63. The summed E-state index contributed by atoms with van der Waals surface area (Å²) in [5, 5.41) is 8.86. The van der Waals surface area contributed by atoms with Gasteiger partial charge in [-0.2, -0.15) is 0 Å². The van der Waals surface area contributed by atoms with Crippen molar-refractivity contribution < 1.29 is 9.90 Å². The van der Waals surface area contributed by atoms with Crippen LogP contribution in [0, 0.1) is 29.6 Å². The number of carbonyl (C=O) groups is 1. The first kappa shape index (κ1) is 10.4. The molecule has 4 bridgehead atoms. The molecule has 0 spiro atoms. The van der Waals surface area contributed by atoms with Crippen molar-refractivity contribution in [2.75, 3.05) is 0 Å². The Balaban J connectivity index is 1.84. The molecular formula is C14H20O2. The summed E-state index contributed by atoms with van der Waals surface area (Å²) in [5.41, 5.74) is 1.13. The van der Waals surface area contributed by atoms with Crippen LogP contribution in [0.25, 0.3) is 0 Å². The third kappa shape index (κ3) is 1.59. The number of carboxylic acid groups (broad SMARTS) is 1. The molecule has 16 heavy (non-hydrogen) atoms. The Morgan fingerprint density at radius 1 is 1.06 bits per heavy atom. The molecule has 0 aromatic heterocycles. The van der Waals surface area contributed by atoms with E-state index in [2.05, 4.69) is 0 Å². The molecule has 4 rings (SSSR count). The largest absolute Gasteiger partial charge is 0.478 e. The van der Waals surface area contributed by atoms with E-state index in [0.29, 0.717) is 5.92 Å². The molecule has 0 heterocycles. The zero-order valence-corrected chi connectivity index (χ0v) is 9.86. The van der Waals surface area contributed by atoms with Crippen molar-refractivity contribution in [1.82, 2.24) is 0 Å². The summed E-state index contributed by atoms with van der Waals surface area (Å²) in [5.74, 6) is 3.35. The fourth-order valence-electron chi connectivity index (χ4n) is 4.96. The van der Waals surface area contributed by atoms with Gasteiger partial charge in [0.1, 0.15) is 0 Å². The third-order valence-corrected chi connectivity index (χ3v) is 5.10. The van der Waals surface area contributed by atoms with Gasteiger partial charge in [0.15, 0.2) is 0 Å². The van der Waals surface area contributed by atoms with Gasteiger partial charge in [0.25, 0.3) is 0 Å². The van der Waals surface area contributed by atoms with Crippen LogP contribution in [0.15, 0.2) is 11.6 Å². The molecule has 4 fully saturated rings. The van der Waals surface area contributed by atoms with E-state index in [1.54, 1.807) is 0 Å². The fourth-order valence-corrected chi connectivity index (χ4v) is 4.96. The Bertz CT molecular complexity index is 315. The summed E-state index contributed by atoms with van der Waals surface area (Å²) >= 11 is 0. The van der Waals surface area contributed by atoms with Gasteiger partial charge in [-0.05, 0) is 68.6 Å². The topological polar surface area (TPSA) is 37.3 Å². The quantitative estimate of drug-likeness (QED) is 0.726. The summed E-state index contributed by atoms with van der Waals surface area (Å²) < 4.78 is 0. The second kappa shape index (κ2) is 3.61. The summed E-state index contributed by atoms with van der Waals surface area (Å²) in [7, 11) is 0. The highest BCUT2D eigenvalue weighted by Gasteiger charge is 2.48. The highest BCUT2D eigenvalue weighted by molar-refractivity contribution is 5.80. The highest BCUT2D eigenvalue weighted by Crippen LogP contribution is 2.58. The molecule has 0 aromatic rings. The Morgan fingerprint density at radius 3 is 2.00 bits per heavy atom. The number of allylic oxidation sites excluding steroid dienone is 1. The average molecular weight is 220 g/mol. The smallest absolute Gasteiger partial charge is 0.328 e. The number of carboxylic acids is 1. The zero-order valence-electron chi connectivity index (χ0n) is 9.86. The molecule has 1 N–H and O–H groups in total. The molecule has 0 aromatic carbocycles. The van der Waals surface area contributed by atoms with Gasteiger partial charge >= 0.3 is 5.97 Å². The van der Waals surface area contributed by atoms with E-state index < -0.39 is 5.97 Å². The number of aliphatic carboxylic acids is 1. The maximum absolute atomic E-state index is 10.8. The Kier molecular flexibility index (Phi) is 2.34. The van der Waals surface area contributed by atoms with Crippen LogP contribution in [-0.4, -0.2) is 11.1 Å². The van der Waals surface area contributed by atoms with Gasteiger partial charge in [-0.3, -0.25) is 0 Å². The van der Waals surface area contributed by atoms with Crippen LogP contribution >= 0.6 is 0 Å². The minimum absolute atomic E-state index is 0.587. The molecule has 0 radical (unpaired) electrons. The Labute approximate surface area is 96.7 Å². The monoisotopic (exact) mass is 220 g/mol. The number of hydrogen-bond acceptors (Lipinski definition) is 1. The van der Waals surface area contributed by atoms with Crippen molar-refractivity contribution in [1.29, 1.82) is 0 Å². The lowest BCUT2D eigenvalue weighted by Gasteiger charge is -2.54. The normalized spacial score (nSPS) is 46.1. The lowest BCUT2D eigenvalue weighted by molar-refractivity contribution is -0.131. The van der Waals surface area contributed by atoms with Crippen molar-refractivity contribution in [2.24, 2.45) is 29.6 Å². The Hall–Kier alpha value is -0.790. The fraction of sp³-hybridized carbons (Fsp3) is 0.786. The predicted molar refractivity (Wildman–Crippen MR) is 61.9 cm³/mol. The lowest BCUT2D eigenvalue weighted by atomic mass is 9.50. The van der Waals surface area contributed by atoms with Gasteiger partial charge in [0.2, 0.25) is 0 Å². The van der Waals surface area contributed by atoms with Crippen molar-refractivity contribution in [3.8, 4) is 0 Å². The molecule has 4 aliphatic rings. The molecule has 4 aliphatic carbocycles. The number of hydrogen-bond donors (Lipinski definition) is 1. The van der Waals surface area contributed by atoms with Gasteiger partial charge in [-0.1, -0.05) is 5.57 Å². The summed E-state index contributed by atoms with van der Waals surface area (Å²) in [6.45, 7) is 2.03. The first-order valence-electron chi connectivity index (χ1n) is 6.54. The van der Waals surface area contributed by atoms with Gasteiger partial charge in [0.05, 0.1) is 0 Å². The van der Waals surface area contributed by atoms with Crippen LogP contribution < -0.4 is 0 Å². The summed E-state index contributed by atoms with van der Waals surface area (Å²) in [6, 6.07) is 0. The molecule has 2 nitrogen and oxygen atoms in total. The zero-order chi connectivity index (χ0) is 11.3. The van der Waals surface area contributed by atoms with Crippen molar-refractivity contribution >= 4 is 5.97 Å². The summed E-state index contributed by atoms with van der Waals surface area (Å²) in [6.07, 6.45) is 8.37. The van der Waals surface area contributed by atoms with Crippen LogP contribution in [0.4, 0.5) is 0 Å². The standard InChI is InChI=1S/C14H20O2/c1-8(2-13(15)16)14-11-4-9-3-10(6-11)7-12(14)5-9/h2,9-12,14H,3-7H2,1H3,(H,15,16)/b8-2+. The van der Waals surface area contributed by atoms with Gasteiger partial charge in [0, 0.05) is 6.08 Å². The minimum Gasteiger partial charge on any atom is -0.478 e. The van der Waals surface area contributed by atoms with Gasteiger partial charge in [-0.15, -0.1) is 0 Å². The van der Waals surface area contributed by atoms with E-state index in [0.717, 1.165) is 29.2 Å². The molecule has 0 unspecified atom stereocenters. The highest BCUT2D eigenvalue weighted by atomic mass is 16.4. The van der Waals surface area contributed by atoms with Crippen molar-refractivity contribution in [2.45, 2.75) is 39.0 Å². The first-order valence-corrected chi connectivity index (χ1v) is 6.54. The van der Waals surface area contributed by atoms with Crippen molar-refractivity contribution in [3.05, 3.63) is 11.6 Å². The Morgan fingerprint density at radius 2 is 1.56 bits per heavy atom. The van der Waals surface area contributed by atoms with Crippen LogP contribution in [0.3, 0.4) is 0 Å². The maximum Gasteiger partial charge on any atom is 0.328 e. The maximum atomic E-state index is 10.8. The van der Waals surface area contributed by atoms with E-state index in [1.807, 2.05) is 6.92 Å². The molecular weight excluding hydrogens is 200 g/mol. The SMILES string of the molecule is C/C(=C\C(=O)O)C1C2CC3CC(C2)CC1C3. The van der Waals surface area contributed by atoms with Gasteiger partial charge in [-0.25, -0.2) is 4.79 Å². The van der Waals surface area contributed by atoms with E-state index in [4.69, 9.17) is 5.11 Å². The van der Waals surface area contributed by atoms with Crippen LogP contribution in [0.1, 0.15) is 39.0 Å². The second-order valence-electron chi connectivity index (χ2n) is 6.18. The van der Waals surface area contributed by atoms with Crippen molar-refractivity contribution in [3.63, 3.8) is 0 Å². The van der Waals surface area contributed by atoms with E-state index in [9.17, 15) is 4.79 Å².